The van der Waals surface area contributed by atoms with Gasteiger partial charge in [0, 0.05) is 5.41 Å². The highest BCUT2D eigenvalue weighted by Crippen LogP contribution is 2.62. The van der Waals surface area contributed by atoms with Crippen LogP contribution in [0.3, 0.4) is 0 Å². The maximum absolute atomic E-state index is 12.4. The second-order valence-corrected chi connectivity index (χ2v) is 10.8. The molecule has 4 aliphatic rings. The molecule has 0 N–H and O–H groups in total. The lowest BCUT2D eigenvalue weighted by Crippen LogP contribution is -2.34. The van der Waals surface area contributed by atoms with Crippen LogP contribution in [0.4, 0.5) is 0 Å². The lowest BCUT2D eigenvalue weighted by atomic mass is 9.83. The van der Waals surface area contributed by atoms with Crippen molar-refractivity contribution >= 4 is 11.9 Å². The lowest BCUT2D eigenvalue weighted by Gasteiger charge is -2.28. The summed E-state index contributed by atoms with van der Waals surface area (Å²) in [5.74, 6) is 0.511. The molecule has 0 bridgehead atoms. The van der Waals surface area contributed by atoms with Gasteiger partial charge in [-0.15, -0.1) is 0 Å². The molecule has 1 saturated heterocycles. The molecular weight excluding hydrogens is 344 g/mol. The Morgan fingerprint density at radius 2 is 1.59 bits per heavy atom. The Bertz CT molecular complexity index is 576. The Kier molecular flexibility index (Phi) is 4.60. The molecule has 4 rings (SSSR count). The minimum Gasteiger partial charge on any atom is -0.465 e. The van der Waals surface area contributed by atoms with Crippen molar-refractivity contribution in [2.45, 2.75) is 84.3 Å². The number of hydrogen-bond donors (Lipinski definition) is 0. The minimum absolute atomic E-state index is 0.0152. The van der Waals surface area contributed by atoms with E-state index in [-0.39, 0.29) is 47.5 Å². The first-order chi connectivity index (χ1) is 12.6. The summed E-state index contributed by atoms with van der Waals surface area (Å²) in [4.78, 5) is 24.8. The summed E-state index contributed by atoms with van der Waals surface area (Å²) >= 11 is 0. The zero-order valence-electron chi connectivity index (χ0n) is 17.2. The fourth-order valence-electron chi connectivity index (χ4n) is 5.03. The molecule has 0 aromatic heterocycles. The Morgan fingerprint density at radius 3 is 2.19 bits per heavy atom. The Labute approximate surface area is 162 Å². The molecule has 3 aliphatic carbocycles. The van der Waals surface area contributed by atoms with E-state index in [1.807, 2.05) is 13.8 Å². The highest BCUT2D eigenvalue weighted by Gasteiger charge is 2.56. The van der Waals surface area contributed by atoms with Crippen molar-refractivity contribution in [3.05, 3.63) is 0 Å². The van der Waals surface area contributed by atoms with E-state index in [1.54, 1.807) is 0 Å². The molecule has 6 atom stereocenters. The van der Waals surface area contributed by atoms with Gasteiger partial charge in [0.25, 0.3) is 0 Å². The summed E-state index contributed by atoms with van der Waals surface area (Å²) in [6.07, 6.45) is 7.10. The number of ether oxygens (including phenoxy) is 3. The van der Waals surface area contributed by atoms with Crippen LogP contribution in [-0.2, 0) is 23.8 Å². The maximum Gasteiger partial charge on any atom is 0.309 e. The summed E-state index contributed by atoms with van der Waals surface area (Å²) in [6, 6.07) is 0. The van der Waals surface area contributed by atoms with Crippen LogP contribution < -0.4 is 0 Å². The van der Waals surface area contributed by atoms with Crippen molar-refractivity contribution in [3.8, 4) is 0 Å². The van der Waals surface area contributed by atoms with Crippen molar-refractivity contribution in [1.82, 2.24) is 0 Å². The lowest BCUT2D eigenvalue weighted by molar-refractivity contribution is -0.159. The van der Waals surface area contributed by atoms with Crippen LogP contribution >= 0.6 is 0 Å². The van der Waals surface area contributed by atoms with Crippen molar-refractivity contribution in [1.29, 1.82) is 0 Å². The predicted molar refractivity (Wildman–Crippen MR) is 99.9 cm³/mol. The van der Waals surface area contributed by atoms with Crippen LogP contribution in [0.1, 0.15) is 72.6 Å². The largest absolute Gasteiger partial charge is 0.465 e. The summed E-state index contributed by atoms with van der Waals surface area (Å²) in [5, 5.41) is 0. The van der Waals surface area contributed by atoms with Gasteiger partial charge in [-0.3, -0.25) is 9.59 Å². The molecule has 1 heterocycles. The van der Waals surface area contributed by atoms with Gasteiger partial charge >= 0.3 is 11.9 Å². The van der Waals surface area contributed by atoms with Gasteiger partial charge in [0.2, 0.25) is 0 Å². The quantitative estimate of drug-likeness (QED) is 0.518. The van der Waals surface area contributed by atoms with E-state index < -0.39 is 0 Å². The van der Waals surface area contributed by atoms with Crippen LogP contribution in [0.25, 0.3) is 0 Å². The molecular formula is C22H34O5. The second kappa shape index (κ2) is 6.47. The molecule has 0 aromatic carbocycles. The zero-order chi connectivity index (χ0) is 19.4. The normalized spacial score (nSPS) is 42.5. The van der Waals surface area contributed by atoms with Gasteiger partial charge in [-0.25, -0.2) is 0 Å². The predicted octanol–water partition coefficient (Wildman–Crippen LogP) is 3.88. The third-order valence-electron chi connectivity index (χ3n) is 7.57. The third kappa shape index (κ3) is 4.03. The highest BCUT2D eigenvalue weighted by molar-refractivity contribution is 5.73. The number of esters is 2. The standard InChI is InChI=1S/C22H34O5/c1-20(2,12-25-18(23)14-5-7-21(3)11-16(21)9-14)13-26-19(24)15-6-8-22(4)17(10-15)27-22/h14-17H,5-13H2,1-4H3. The third-order valence-corrected chi connectivity index (χ3v) is 7.57. The number of fused-ring (bicyclic) bond motifs is 2. The van der Waals surface area contributed by atoms with E-state index in [9.17, 15) is 9.59 Å². The maximum atomic E-state index is 12.4. The fraction of sp³-hybridized carbons (Fsp3) is 0.909. The Hall–Kier alpha value is -1.10. The molecule has 27 heavy (non-hydrogen) atoms. The number of rotatable bonds is 6. The molecule has 152 valence electrons. The summed E-state index contributed by atoms with van der Waals surface area (Å²) in [7, 11) is 0. The topological polar surface area (TPSA) is 65.1 Å². The summed E-state index contributed by atoms with van der Waals surface area (Å²) in [6.45, 7) is 8.99. The Morgan fingerprint density at radius 1 is 1.00 bits per heavy atom. The van der Waals surface area contributed by atoms with Gasteiger partial charge in [-0.2, -0.15) is 0 Å². The van der Waals surface area contributed by atoms with Crippen LogP contribution in [-0.4, -0.2) is 36.9 Å². The van der Waals surface area contributed by atoms with E-state index >= 15 is 0 Å². The average Bonchev–Trinajstić information content (AvgIpc) is 3.49. The van der Waals surface area contributed by atoms with Crippen LogP contribution in [0.2, 0.25) is 0 Å². The van der Waals surface area contributed by atoms with E-state index in [1.165, 1.54) is 6.42 Å². The fourth-order valence-corrected chi connectivity index (χ4v) is 5.03. The molecule has 6 unspecified atom stereocenters. The SMILES string of the molecule is CC(C)(COC(=O)C1CCC2(C)CC2C1)COC(=O)C1CCC2(C)OC2C1. The monoisotopic (exact) mass is 378 g/mol. The van der Waals surface area contributed by atoms with Crippen molar-refractivity contribution in [2.75, 3.05) is 13.2 Å². The minimum atomic E-state index is -0.368. The van der Waals surface area contributed by atoms with Gasteiger partial charge in [0.05, 0.1) is 36.8 Å². The molecule has 0 aromatic rings. The molecule has 1 aliphatic heterocycles. The zero-order valence-corrected chi connectivity index (χ0v) is 17.2. The van der Waals surface area contributed by atoms with Gasteiger partial charge in [0.15, 0.2) is 0 Å². The number of epoxide rings is 1. The first-order valence-corrected chi connectivity index (χ1v) is 10.6. The Balaban J connectivity index is 1.17. The molecule has 0 radical (unpaired) electrons. The van der Waals surface area contributed by atoms with E-state index in [0.29, 0.717) is 17.9 Å². The van der Waals surface area contributed by atoms with Gasteiger partial charge in [-0.05, 0) is 63.2 Å². The van der Waals surface area contributed by atoms with Gasteiger partial charge < -0.3 is 14.2 Å². The molecule has 5 nitrogen and oxygen atoms in total. The van der Waals surface area contributed by atoms with Gasteiger partial charge in [-0.1, -0.05) is 20.8 Å². The molecule has 3 saturated carbocycles. The van der Waals surface area contributed by atoms with Crippen LogP contribution in [0.5, 0.6) is 0 Å². The number of hydrogen-bond acceptors (Lipinski definition) is 5. The summed E-state index contributed by atoms with van der Waals surface area (Å²) < 4.78 is 16.9. The van der Waals surface area contributed by atoms with Crippen molar-refractivity contribution in [3.63, 3.8) is 0 Å². The number of carbonyl (C=O) groups excluding carboxylic acids is 2. The smallest absolute Gasteiger partial charge is 0.309 e. The van der Waals surface area contributed by atoms with Crippen molar-refractivity contribution in [2.24, 2.45) is 28.6 Å². The molecule has 0 spiro atoms. The highest BCUT2D eigenvalue weighted by atomic mass is 16.6. The van der Waals surface area contributed by atoms with E-state index in [2.05, 4.69) is 13.8 Å². The van der Waals surface area contributed by atoms with Crippen molar-refractivity contribution < 1.29 is 23.8 Å². The summed E-state index contributed by atoms with van der Waals surface area (Å²) in [5.41, 5.74) is 0.154. The first kappa shape index (κ1) is 19.2. The van der Waals surface area contributed by atoms with Gasteiger partial charge in [0.1, 0.15) is 0 Å². The molecule has 4 fully saturated rings. The van der Waals surface area contributed by atoms with Crippen LogP contribution in [0, 0.1) is 28.6 Å². The second-order valence-electron chi connectivity index (χ2n) is 10.8. The van der Waals surface area contributed by atoms with Crippen LogP contribution in [0.15, 0.2) is 0 Å². The molecule has 0 amide bonds. The average molecular weight is 379 g/mol. The first-order valence-electron chi connectivity index (χ1n) is 10.6. The molecule has 5 heteroatoms. The number of carbonyl (C=O) groups is 2. The van der Waals surface area contributed by atoms with E-state index in [4.69, 9.17) is 14.2 Å². The van der Waals surface area contributed by atoms with E-state index in [0.717, 1.165) is 38.5 Å².